The predicted molar refractivity (Wildman–Crippen MR) is 63.4 cm³/mol. The summed E-state index contributed by atoms with van der Waals surface area (Å²) in [6, 6.07) is -0.153. The van der Waals surface area contributed by atoms with Crippen LogP contribution in [0.15, 0.2) is 0 Å². The Morgan fingerprint density at radius 2 is 1.82 bits per heavy atom. The van der Waals surface area contributed by atoms with E-state index in [1.165, 1.54) is 37.0 Å². The molecule has 0 unspecified atom stereocenters. The third-order valence-electron chi connectivity index (χ3n) is 4.62. The van der Waals surface area contributed by atoms with Gasteiger partial charge < -0.3 is 5.32 Å². The largest absolute Gasteiger partial charge is 0.325 e. The van der Waals surface area contributed by atoms with Crippen molar-refractivity contribution in [3.8, 4) is 0 Å². The smallest absolute Gasteiger partial charge is 0.323 e. The van der Waals surface area contributed by atoms with E-state index in [0.717, 1.165) is 19.3 Å². The van der Waals surface area contributed by atoms with Crippen LogP contribution in [-0.4, -0.2) is 28.9 Å². The van der Waals surface area contributed by atoms with Gasteiger partial charge in [0, 0.05) is 6.54 Å². The summed E-state index contributed by atoms with van der Waals surface area (Å²) in [7, 11) is 0. The third-order valence-corrected chi connectivity index (χ3v) is 4.62. The van der Waals surface area contributed by atoms with Crippen LogP contribution >= 0.6 is 0 Å². The Kier molecular flexibility index (Phi) is 2.60. The fourth-order valence-electron chi connectivity index (χ4n) is 3.34. The van der Waals surface area contributed by atoms with Gasteiger partial charge in [-0.05, 0) is 38.0 Å². The van der Waals surface area contributed by atoms with Gasteiger partial charge in [-0.2, -0.15) is 0 Å². The van der Waals surface area contributed by atoms with E-state index in [4.69, 9.17) is 0 Å². The predicted octanol–water partition coefficient (Wildman–Crippen LogP) is 2.04. The lowest BCUT2D eigenvalue weighted by Crippen LogP contribution is -2.52. The topological polar surface area (TPSA) is 49.4 Å². The monoisotopic (exact) mass is 236 g/mol. The van der Waals surface area contributed by atoms with Gasteiger partial charge >= 0.3 is 6.03 Å². The summed E-state index contributed by atoms with van der Waals surface area (Å²) in [4.78, 5) is 25.6. The molecule has 1 saturated heterocycles. The van der Waals surface area contributed by atoms with Gasteiger partial charge in [-0.1, -0.05) is 19.3 Å². The number of hydrogen-bond acceptors (Lipinski definition) is 2. The molecule has 1 aliphatic heterocycles. The number of nitrogens with zero attached hydrogens (tertiary/aromatic N) is 1. The number of amides is 3. The van der Waals surface area contributed by atoms with Gasteiger partial charge in [0.25, 0.3) is 5.91 Å². The van der Waals surface area contributed by atoms with Crippen LogP contribution in [0.5, 0.6) is 0 Å². The summed E-state index contributed by atoms with van der Waals surface area (Å²) in [5.41, 5.74) is -0.494. The molecule has 1 N–H and O–H groups in total. The highest BCUT2D eigenvalue weighted by Crippen LogP contribution is 2.38. The van der Waals surface area contributed by atoms with Gasteiger partial charge in [-0.3, -0.25) is 9.69 Å². The van der Waals surface area contributed by atoms with Crippen LogP contribution in [0.3, 0.4) is 0 Å². The Morgan fingerprint density at radius 1 is 1.12 bits per heavy atom. The molecule has 1 heterocycles. The Labute approximate surface area is 102 Å². The van der Waals surface area contributed by atoms with Crippen molar-refractivity contribution in [3.05, 3.63) is 0 Å². The summed E-state index contributed by atoms with van der Waals surface area (Å²) in [5, 5.41) is 2.89. The third kappa shape index (κ3) is 1.74. The summed E-state index contributed by atoms with van der Waals surface area (Å²) in [6.45, 7) is 0.645. The minimum atomic E-state index is -0.494. The summed E-state index contributed by atoms with van der Waals surface area (Å²) >= 11 is 0. The highest BCUT2D eigenvalue weighted by atomic mass is 16.2. The van der Waals surface area contributed by atoms with Crippen LogP contribution in [0.1, 0.15) is 51.4 Å². The first-order valence-corrected chi connectivity index (χ1v) is 6.85. The van der Waals surface area contributed by atoms with E-state index in [-0.39, 0.29) is 11.9 Å². The van der Waals surface area contributed by atoms with E-state index in [9.17, 15) is 9.59 Å². The Balaban J connectivity index is 1.66. The van der Waals surface area contributed by atoms with Gasteiger partial charge in [0.15, 0.2) is 0 Å². The molecule has 3 rings (SSSR count). The number of rotatable bonds is 2. The molecule has 0 atom stereocenters. The van der Waals surface area contributed by atoms with Crippen molar-refractivity contribution in [2.75, 3.05) is 6.54 Å². The maximum Gasteiger partial charge on any atom is 0.325 e. The van der Waals surface area contributed by atoms with E-state index in [1.54, 1.807) is 0 Å². The molecule has 3 fully saturated rings. The molecule has 1 spiro atoms. The van der Waals surface area contributed by atoms with Crippen molar-refractivity contribution in [1.82, 2.24) is 10.2 Å². The van der Waals surface area contributed by atoms with Crippen LogP contribution in [0, 0.1) is 5.92 Å². The molecule has 4 nitrogen and oxygen atoms in total. The number of hydrogen-bond donors (Lipinski definition) is 1. The summed E-state index contributed by atoms with van der Waals surface area (Å²) in [5.74, 6) is 0.577. The summed E-state index contributed by atoms with van der Waals surface area (Å²) in [6.07, 6.45) is 8.87. The van der Waals surface area contributed by atoms with Crippen molar-refractivity contribution in [2.45, 2.75) is 56.9 Å². The zero-order valence-corrected chi connectivity index (χ0v) is 10.2. The maximum atomic E-state index is 12.2. The molecule has 4 heteroatoms. The first-order valence-electron chi connectivity index (χ1n) is 6.85. The molecular formula is C13H20N2O2. The van der Waals surface area contributed by atoms with Crippen molar-refractivity contribution in [1.29, 1.82) is 0 Å². The Morgan fingerprint density at radius 3 is 2.35 bits per heavy atom. The molecule has 17 heavy (non-hydrogen) atoms. The van der Waals surface area contributed by atoms with E-state index in [1.807, 2.05) is 0 Å². The molecule has 3 aliphatic rings. The van der Waals surface area contributed by atoms with E-state index in [0.29, 0.717) is 12.5 Å². The lowest BCUT2D eigenvalue weighted by atomic mass is 9.77. The minimum absolute atomic E-state index is 0.0410. The van der Waals surface area contributed by atoms with Gasteiger partial charge in [0.05, 0.1) is 0 Å². The van der Waals surface area contributed by atoms with E-state index < -0.39 is 5.54 Å². The van der Waals surface area contributed by atoms with Gasteiger partial charge in [-0.15, -0.1) is 0 Å². The zero-order valence-electron chi connectivity index (χ0n) is 10.2. The first-order chi connectivity index (χ1) is 8.21. The van der Waals surface area contributed by atoms with Crippen molar-refractivity contribution in [2.24, 2.45) is 5.92 Å². The zero-order chi connectivity index (χ0) is 11.9. The molecule has 0 aromatic rings. The highest BCUT2D eigenvalue weighted by Gasteiger charge is 2.54. The second-order valence-electron chi connectivity index (χ2n) is 5.79. The van der Waals surface area contributed by atoms with Crippen molar-refractivity contribution in [3.63, 3.8) is 0 Å². The second-order valence-corrected chi connectivity index (χ2v) is 5.79. The molecule has 2 aliphatic carbocycles. The van der Waals surface area contributed by atoms with E-state index in [2.05, 4.69) is 5.32 Å². The highest BCUT2D eigenvalue weighted by molar-refractivity contribution is 6.07. The molecule has 0 aromatic heterocycles. The van der Waals surface area contributed by atoms with Gasteiger partial charge in [0.2, 0.25) is 0 Å². The van der Waals surface area contributed by atoms with Crippen LogP contribution in [0.2, 0.25) is 0 Å². The lowest BCUT2D eigenvalue weighted by molar-refractivity contribution is -0.134. The SMILES string of the molecule is O=C1NC2(CCC2)C(=O)N1CC1CCCCC1. The van der Waals surface area contributed by atoms with Crippen LogP contribution < -0.4 is 5.32 Å². The second kappa shape index (κ2) is 4.00. The fraction of sp³-hybridized carbons (Fsp3) is 0.846. The Hall–Kier alpha value is -1.06. The number of urea groups is 1. The fourth-order valence-corrected chi connectivity index (χ4v) is 3.34. The number of carbonyl (C=O) groups excluding carboxylic acids is 2. The minimum Gasteiger partial charge on any atom is -0.323 e. The number of nitrogens with one attached hydrogen (secondary N) is 1. The number of carbonyl (C=O) groups is 2. The molecule has 0 bridgehead atoms. The van der Waals surface area contributed by atoms with Crippen LogP contribution in [0.4, 0.5) is 4.79 Å². The maximum absolute atomic E-state index is 12.2. The standard InChI is InChI=1S/C13H20N2O2/c16-11-13(7-4-8-13)14-12(17)15(11)9-10-5-2-1-3-6-10/h10H,1-9H2,(H,14,17). The average Bonchev–Trinajstić information content (AvgIpc) is 2.55. The first kappa shape index (κ1) is 11.1. The van der Waals surface area contributed by atoms with Gasteiger partial charge in [-0.25, -0.2) is 4.79 Å². The van der Waals surface area contributed by atoms with Crippen LogP contribution in [-0.2, 0) is 4.79 Å². The quantitative estimate of drug-likeness (QED) is 0.746. The lowest BCUT2D eigenvalue weighted by Gasteiger charge is -2.35. The molecule has 3 amide bonds. The number of imide groups is 1. The Bertz CT molecular complexity index is 343. The molecule has 2 saturated carbocycles. The summed E-state index contributed by atoms with van der Waals surface area (Å²) < 4.78 is 0. The van der Waals surface area contributed by atoms with Crippen molar-refractivity contribution >= 4 is 11.9 Å². The van der Waals surface area contributed by atoms with Gasteiger partial charge in [0.1, 0.15) is 5.54 Å². The average molecular weight is 236 g/mol. The van der Waals surface area contributed by atoms with E-state index >= 15 is 0 Å². The molecule has 0 radical (unpaired) electrons. The molecule has 94 valence electrons. The molecular weight excluding hydrogens is 216 g/mol. The molecule has 0 aromatic carbocycles. The van der Waals surface area contributed by atoms with Crippen LogP contribution in [0.25, 0.3) is 0 Å². The normalized spacial score (nSPS) is 28.4. The van der Waals surface area contributed by atoms with Crippen molar-refractivity contribution < 1.29 is 9.59 Å².